The topological polar surface area (TPSA) is 76.0 Å². The van der Waals surface area contributed by atoms with E-state index in [2.05, 4.69) is 20.8 Å². The van der Waals surface area contributed by atoms with Crippen molar-refractivity contribution in [1.29, 1.82) is 0 Å². The van der Waals surface area contributed by atoms with Crippen LogP contribution in [0.15, 0.2) is 0 Å². The van der Waals surface area contributed by atoms with Gasteiger partial charge in [-0.05, 0) is 19.3 Å². The third-order valence-electron chi connectivity index (χ3n) is 2.74. The van der Waals surface area contributed by atoms with Gasteiger partial charge < -0.3 is 19.7 Å². The van der Waals surface area contributed by atoms with E-state index < -0.39 is 12.1 Å². The van der Waals surface area contributed by atoms with E-state index in [-0.39, 0.29) is 19.1 Å². The molecular weight excluding hydrogens is 272 g/mol. The average molecular weight is 306 g/mol. The van der Waals surface area contributed by atoms with Crippen molar-refractivity contribution in [2.75, 3.05) is 19.8 Å². The molecule has 0 radical (unpaired) electrons. The summed E-state index contributed by atoms with van der Waals surface area (Å²) in [7, 11) is 0. The van der Waals surface area contributed by atoms with E-state index in [9.17, 15) is 9.90 Å². The highest BCUT2D eigenvalue weighted by Crippen LogP contribution is 2.05. The van der Waals surface area contributed by atoms with Crippen LogP contribution >= 0.6 is 0 Å². The van der Waals surface area contributed by atoms with Crippen LogP contribution in [-0.2, 0) is 14.3 Å². The summed E-state index contributed by atoms with van der Waals surface area (Å²) in [6.07, 6.45) is 2.12. The zero-order chi connectivity index (χ0) is 16.7. The monoisotopic (exact) mass is 306 g/mol. The molecule has 0 aliphatic heterocycles. The molecule has 0 aromatic carbocycles. The first-order valence-electron chi connectivity index (χ1n) is 7.92. The number of rotatable bonds is 11. The fraction of sp³-hybridized carbons (Fsp3) is 0.938. The maximum atomic E-state index is 10.2. The lowest BCUT2D eigenvalue weighted by molar-refractivity contribution is -0.138. The molecule has 2 unspecified atom stereocenters. The van der Waals surface area contributed by atoms with Crippen molar-refractivity contribution in [3.63, 3.8) is 0 Å². The molecule has 0 aromatic rings. The van der Waals surface area contributed by atoms with Gasteiger partial charge in [0.25, 0.3) is 0 Å². The Balaban J connectivity index is 0. The van der Waals surface area contributed by atoms with E-state index in [1.54, 1.807) is 6.92 Å². The summed E-state index contributed by atoms with van der Waals surface area (Å²) in [5.74, 6) is 0.0107. The summed E-state index contributed by atoms with van der Waals surface area (Å²) < 4.78 is 10.7. The first-order valence-corrected chi connectivity index (χ1v) is 7.92. The molecule has 2 N–H and O–H groups in total. The molecule has 0 aliphatic carbocycles. The smallest absolute Gasteiger partial charge is 0.305 e. The van der Waals surface area contributed by atoms with E-state index in [0.717, 1.165) is 12.3 Å². The SMILES string of the molecule is CCC(C)C.CCCOC(COCCC(=O)O)CC(C)O. The molecule has 0 saturated heterocycles. The molecule has 0 amide bonds. The molecular formula is C16H34O5. The Labute approximate surface area is 129 Å². The predicted octanol–water partition coefficient (Wildman–Crippen LogP) is 3.10. The molecule has 5 heteroatoms. The van der Waals surface area contributed by atoms with Crippen molar-refractivity contribution in [3.8, 4) is 0 Å². The van der Waals surface area contributed by atoms with E-state index in [0.29, 0.717) is 19.6 Å². The summed E-state index contributed by atoms with van der Waals surface area (Å²) in [6, 6.07) is 0. The number of carboxylic acid groups (broad SMARTS) is 1. The van der Waals surface area contributed by atoms with Crippen LogP contribution < -0.4 is 0 Å². The summed E-state index contributed by atoms with van der Waals surface area (Å²) in [5.41, 5.74) is 0. The standard InChI is InChI=1S/C11H22O5.C5H12/c1-3-5-16-10(7-9(2)12)8-15-6-4-11(13)14;1-4-5(2)3/h9-10,12H,3-8H2,1-2H3,(H,13,14);5H,4H2,1-3H3. The summed E-state index contributed by atoms with van der Waals surface area (Å²) >= 11 is 0. The van der Waals surface area contributed by atoms with E-state index in [1.165, 1.54) is 6.42 Å². The van der Waals surface area contributed by atoms with Gasteiger partial charge in [-0.25, -0.2) is 0 Å². The van der Waals surface area contributed by atoms with Gasteiger partial charge in [-0.1, -0.05) is 34.1 Å². The second-order valence-corrected chi connectivity index (χ2v) is 5.60. The number of aliphatic hydroxyl groups is 1. The summed E-state index contributed by atoms with van der Waals surface area (Å²) in [4.78, 5) is 10.2. The number of carboxylic acids is 1. The Kier molecular flexibility index (Phi) is 17.0. The number of hydrogen-bond donors (Lipinski definition) is 2. The summed E-state index contributed by atoms with van der Waals surface area (Å²) in [5, 5.41) is 17.7. The Morgan fingerprint density at radius 1 is 1.14 bits per heavy atom. The van der Waals surface area contributed by atoms with Crippen molar-refractivity contribution in [3.05, 3.63) is 0 Å². The highest BCUT2D eigenvalue weighted by molar-refractivity contribution is 5.66. The van der Waals surface area contributed by atoms with Crippen molar-refractivity contribution in [2.45, 2.75) is 72.5 Å². The van der Waals surface area contributed by atoms with Gasteiger partial charge in [-0.3, -0.25) is 4.79 Å². The number of aliphatic hydroxyl groups excluding tert-OH is 1. The molecule has 0 bridgehead atoms. The van der Waals surface area contributed by atoms with Crippen molar-refractivity contribution >= 4 is 5.97 Å². The Morgan fingerprint density at radius 2 is 1.71 bits per heavy atom. The molecule has 5 nitrogen and oxygen atoms in total. The number of hydrogen-bond acceptors (Lipinski definition) is 4. The van der Waals surface area contributed by atoms with Crippen molar-refractivity contribution in [1.82, 2.24) is 0 Å². The molecule has 0 rings (SSSR count). The molecule has 0 saturated carbocycles. The fourth-order valence-corrected chi connectivity index (χ4v) is 1.22. The largest absolute Gasteiger partial charge is 0.481 e. The van der Waals surface area contributed by atoms with Crippen LogP contribution in [0.1, 0.15) is 60.3 Å². The van der Waals surface area contributed by atoms with Gasteiger partial charge in [0.1, 0.15) is 0 Å². The van der Waals surface area contributed by atoms with Crippen LogP contribution in [0.25, 0.3) is 0 Å². The van der Waals surface area contributed by atoms with Crippen LogP contribution in [0, 0.1) is 5.92 Å². The molecule has 0 heterocycles. The normalized spacial score (nSPS) is 13.5. The van der Waals surface area contributed by atoms with Gasteiger partial charge >= 0.3 is 5.97 Å². The second-order valence-electron chi connectivity index (χ2n) is 5.60. The average Bonchev–Trinajstić information content (AvgIpc) is 2.40. The van der Waals surface area contributed by atoms with Crippen LogP contribution in [0.3, 0.4) is 0 Å². The fourth-order valence-electron chi connectivity index (χ4n) is 1.22. The lowest BCUT2D eigenvalue weighted by Gasteiger charge is -2.18. The van der Waals surface area contributed by atoms with Crippen LogP contribution in [-0.4, -0.2) is 48.2 Å². The number of ether oxygens (including phenoxy) is 2. The molecule has 0 aliphatic rings. The minimum absolute atomic E-state index is 0.00479. The van der Waals surface area contributed by atoms with E-state index in [1.807, 2.05) is 6.92 Å². The maximum Gasteiger partial charge on any atom is 0.305 e. The first kappa shape index (κ1) is 22.6. The zero-order valence-corrected chi connectivity index (χ0v) is 14.3. The van der Waals surface area contributed by atoms with E-state index in [4.69, 9.17) is 14.6 Å². The third-order valence-corrected chi connectivity index (χ3v) is 2.74. The highest BCUT2D eigenvalue weighted by atomic mass is 16.5. The highest BCUT2D eigenvalue weighted by Gasteiger charge is 2.12. The van der Waals surface area contributed by atoms with Gasteiger partial charge in [0.2, 0.25) is 0 Å². The second kappa shape index (κ2) is 15.7. The van der Waals surface area contributed by atoms with Crippen LogP contribution in [0.4, 0.5) is 0 Å². The number of carbonyl (C=O) groups is 1. The minimum atomic E-state index is -0.874. The van der Waals surface area contributed by atoms with Gasteiger partial charge in [0.15, 0.2) is 0 Å². The van der Waals surface area contributed by atoms with Gasteiger partial charge in [-0.2, -0.15) is 0 Å². The van der Waals surface area contributed by atoms with Crippen molar-refractivity contribution in [2.24, 2.45) is 5.92 Å². The molecule has 2 atom stereocenters. The third kappa shape index (κ3) is 21.8. The van der Waals surface area contributed by atoms with Crippen LogP contribution in [0.2, 0.25) is 0 Å². The molecule has 128 valence electrons. The lowest BCUT2D eigenvalue weighted by Crippen LogP contribution is -2.25. The molecule has 0 aromatic heterocycles. The Morgan fingerprint density at radius 3 is 2.10 bits per heavy atom. The lowest BCUT2D eigenvalue weighted by atomic mass is 10.2. The zero-order valence-electron chi connectivity index (χ0n) is 14.3. The van der Waals surface area contributed by atoms with Gasteiger partial charge in [0.05, 0.1) is 31.8 Å². The number of aliphatic carboxylic acids is 1. The predicted molar refractivity (Wildman–Crippen MR) is 84.5 cm³/mol. The van der Waals surface area contributed by atoms with Crippen molar-refractivity contribution < 1.29 is 24.5 Å². The molecule has 21 heavy (non-hydrogen) atoms. The molecule has 0 fully saturated rings. The Bertz CT molecular complexity index is 229. The van der Waals surface area contributed by atoms with Gasteiger partial charge in [-0.15, -0.1) is 0 Å². The first-order chi connectivity index (χ1) is 9.83. The maximum absolute atomic E-state index is 10.2. The van der Waals surface area contributed by atoms with Gasteiger partial charge in [0, 0.05) is 13.0 Å². The molecule has 0 spiro atoms. The minimum Gasteiger partial charge on any atom is -0.481 e. The summed E-state index contributed by atoms with van der Waals surface area (Å²) in [6.45, 7) is 11.5. The quantitative estimate of drug-likeness (QED) is 0.574. The Hall–Kier alpha value is -0.650. The van der Waals surface area contributed by atoms with Crippen LogP contribution in [0.5, 0.6) is 0 Å². The van der Waals surface area contributed by atoms with E-state index >= 15 is 0 Å².